The smallest absolute Gasteiger partial charge is 0.220 e. The van der Waals surface area contributed by atoms with Crippen LogP contribution in [0.3, 0.4) is 0 Å². The van der Waals surface area contributed by atoms with Crippen molar-refractivity contribution in [2.45, 2.75) is 33.2 Å². The summed E-state index contributed by atoms with van der Waals surface area (Å²) >= 11 is 0. The number of carbonyl (C=O) groups is 1. The van der Waals surface area contributed by atoms with Gasteiger partial charge in [-0.1, -0.05) is 18.2 Å². The van der Waals surface area contributed by atoms with Gasteiger partial charge in [-0.3, -0.25) is 9.48 Å². The average Bonchev–Trinajstić information content (AvgIpc) is 2.76. The number of ether oxygens (including phenoxy) is 1. The molecule has 5 nitrogen and oxygen atoms in total. The molecule has 0 fully saturated rings. The number of hydrogen-bond acceptors (Lipinski definition) is 3. The molecule has 0 aliphatic heterocycles. The molecule has 1 aromatic heterocycles. The number of nitrogens with zero attached hydrogens (tertiary/aromatic N) is 2. The van der Waals surface area contributed by atoms with Crippen molar-refractivity contribution in [2.75, 3.05) is 6.61 Å². The molecular formula is C17H23N3O2. The fourth-order valence-electron chi connectivity index (χ4n) is 2.29. The molecule has 0 saturated carbocycles. The molecule has 1 heterocycles. The normalized spacial score (nSPS) is 10.5. The standard InChI is InChI=1S/C17H23N3O2/c1-13-16(14(2)20(3)19-13)12-18-17(21)10-7-11-22-15-8-5-4-6-9-15/h4-6,8-9H,7,10-12H2,1-3H3,(H,18,21). The minimum Gasteiger partial charge on any atom is -0.494 e. The van der Waals surface area contributed by atoms with E-state index in [1.54, 1.807) is 0 Å². The Morgan fingerprint density at radius 2 is 2.00 bits per heavy atom. The first kappa shape index (κ1) is 16.1. The first-order valence-electron chi connectivity index (χ1n) is 7.51. The number of aryl methyl sites for hydroxylation is 2. The second-order valence-electron chi connectivity index (χ2n) is 5.31. The lowest BCUT2D eigenvalue weighted by Gasteiger charge is -2.07. The van der Waals surface area contributed by atoms with Crippen LogP contribution in [0.25, 0.3) is 0 Å². The maximum atomic E-state index is 11.9. The molecule has 0 bridgehead atoms. The van der Waals surface area contributed by atoms with E-state index in [1.807, 2.05) is 55.9 Å². The molecule has 0 radical (unpaired) electrons. The van der Waals surface area contributed by atoms with E-state index < -0.39 is 0 Å². The van der Waals surface area contributed by atoms with Gasteiger partial charge < -0.3 is 10.1 Å². The average molecular weight is 301 g/mol. The van der Waals surface area contributed by atoms with Gasteiger partial charge in [0.05, 0.1) is 12.3 Å². The first-order valence-corrected chi connectivity index (χ1v) is 7.51. The number of rotatable bonds is 7. The third-order valence-corrected chi connectivity index (χ3v) is 3.68. The van der Waals surface area contributed by atoms with Gasteiger partial charge in [-0.25, -0.2) is 0 Å². The van der Waals surface area contributed by atoms with Crippen molar-refractivity contribution in [3.8, 4) is 5.75 Å². The zero-order valence-electron chi connectivity index (χ0n) is 13.4. The van der Waals surface area contributed by atoms with Crippen LogP contribution in [0.15, 0.2) is 30.3 Å². The SMILES string of the molecule is Cc1nn(C)c(C)c1CNC(=O)CCCOc1ccccc1. The molecule has 2 rings (SSSR count). The van der Waals surface area contributed by atoms with E-state index in [0.717, 1.165) is 22.7 Å². The molecule has 0 aliphatic rings. The quantitative estimate of drug-likeness (QED) is 0.800. The third-order valence-electron chi connectivity index (χ3n) is 3.68. The molecule has 2 aromatic rings. The fourth-order valence-corrected chi connectivity index (χ4v) is 2.29. The molecule has 0 saturated heterocycles. The maximum absolute atomic E-state index is 11.9. The fraction of sp³-hybridized carbons (Fsp3) is 0.412. The lowest BCUT2D eigenvalue weighted by molar-refractivity contribution is -0.121. The van der Waals surface area contributed by atoms with Gasteiger partial charge in [0.2, 0.25) is 5.91 Å². The molecule has 0 unspecified atom stereocenters. The highest BCUT2D eigenvalue weighted by molar-refractivity contribution is 5.75. The van der Waals surface area contributed by atoms with Gasteiger partial charge in [0.1, 0.15) is 5.75 Å². The summed E-state index contributed by atoms with van der Waals surface area (Å²) < 4.78 is 7.41. The van der Waals surface area contributed by atoms with E-state index >= 15 is 0 Å². The van der Waals surface area contributed by atoms with Gasteiger partial charge in [0, 0.05) is 31.3 Å². The number of hydrogen-bond donors (Lipinski definition) is 1. The summed E-state index contributed by atoms with van der Waals surface area (Å²) in [6, 6.07) is 9.63. The zero-order valence-corrected chi connectivity index (χ0v) is 13.4. The minimum atomic E-state index is 0.0410. The van der Waals surface area contributed by atoms with Crippen LogP contribution < -0.4 is 10.1 Å². The summed E-state index contributed by atoms with van der Waals surface area (Å²) in [5, 5.41) is 7.29. The molecular weight excluding hydrogens is 278 g/mol. The van der Waals surface area contributed by atoms with E-state index in [4.69, 9.17) is 4.74 Å². The lowest BCUT2D eigenvalue weighted by Crippen LogP contribution is -2.23. The number of benzene rings is 1. The molecule has 22 heavy (non-hydrogen) atoms. The number of nitrogens with one attached hydrogen (secondary N) is 1. The first-order chi connectivity index (χ1) is 10.6. The second-order valence-corrected chi connectivity index (χ2v) is 5.31. The molecule has 1 amide bonds. The second kappa shape index (κ2) is 7.64. The highest BCUT2D eigenvalue weighted by Crippen LogP contribution is 2.11. The van der Waals surface area contributed by atoms with E-state index in [0.29, 0.717) is 26.0 Å². The molecule has 5 heteroatoms. The number of carbonyl (C=O) groups excluding carboxylic acids is 1. The summed E-state index contributed by atoms with van der Waals surface area (Å²) in [6.07, 6.45) is 1.16. The Kier molecular flexibility index (Phi) is 5.58. The molecule has 0 atom stereocenters. The van der Waals surface area contributed by atoms with Crippen LogP contribution in [0.5, 0.6) is 5.75 Å². The van der Waals surface area contributed by atoms with Crippen LogP contribution in [-0.2, 0) is 18.4 Å². The van der Waals surface area contributed by atoms with Crippen LogP contribution in [0.1, 0.15) is 29.8 Å². The Hall–Kier alpha value is -2.30. The van der Waals surface area contributed by atoms with Crippen molar-refractivity contribution in [3.05, 3.63) is 47.3 Å². The Bertz CT molecular complexity index is 620. The maximum Gasteiger partial charge on any atom is 0.220 e. The summed E-state index contributed by atoms with van der Waals surface area (Å²) in [7, 11) is 1.91. The van der Waals surface area contributed by atoms with Crippen molar-refractivity contribution in [3.63, 3.8) is 0 Å². The summed E-state index contributed by atoms with van der Waals surface area (Å²) in [4.78, 5) is 11.9. The van der Waals surface area contributed by atoms with Crippen molar-refractivity contribution < 1.29 is 9.53 Å². The highest BCUT2D eigenvalue weighted by Gasteiger charge is 2.10. The Morgan fingerprint density at radius 1 is 1.27 bits per heavy atom. The highest BCUT2D eigenvalue weighted by atomic mass is 16.5. The van der Waals surface area contributed by atoms with Crippen molar-refractivity contribution in [1.82, 2.24) is 15.1 Å². The minimum absolute atomic E-state index is 0.0410. The predicted octanol–water partition coefficient (Wildman–Crippen LogP) is 2.51. The van der Waals surface area contributed by atoms with Gasteiger partial charge in [0.25, 0.3) is 0 Å². The van der Waals surface area contributed by atoms with Gasteiger partial charge >= 0.3 is 0 Å². The monoisotopic (exact) mass is 301 g/mol. The van der Waals surface area contributed by atoms with E-state index in [-0.39, 0.29) is 5.91 Å². The number of aromatic nitrogens is 2. The Balaban J connectivity index is 1.68. The van der Waals surface area contributed by atoms with E-state index in [1.165, 1.54) is 0 Å². The molecule has 1 aromatic carbocycles. The molecule has 0 spiro atoms. The van der Waals surface area contributed by atoms with Crippen LogP contribution >= 0.6 is 0 Å². The molecule has 118 valence electrons. The number of para-hydroxylation sites is 1. The zero-order chi connectivity index (χ0) is 15.9. The largest absolute Gasteiger partial charge is 0.494 e. The molecule has 0 aliphatic carbocycles. The Morgan fingerprint density at radius 3 is 2.64 bits per heavy atom. The van der Waals surface area contributed by atoms with Gasteiger partial charge in [-0.2, -0.15) is 5.10 Å². The number of amides is 1. The summed E-state index contributed by atoms with van der Waals surface area (Å²) in [5.74, 6) is 0.879. The van der Waals surface area contributed by atoms with E-state index in [9.17, 15) is 4.79 Å². The van der Waals surface area contributed by atoms with Crippen molar-refractivity contribution in [1.29, 1.82) is 0 Å². The van der Waals surface area contributed by atoms with Gasteiger partial charge in [0.15, 0.2) is 0 Å². The van der Waals surface area contributed by atoms with Crippen LogP contribution in [-0.4, -0.2) is 22.3 Å². The van der Waals surface area contributed by atoms with Crippen molar-refractivity contribution >= 4 is 5.91 Å². The van der Waals surface area contributed by atoms with E-state index in [2.05, 4.69) is 10.4 Å². The lowest BCUT2D eigenvalue weighted by atomic mass is 10.2. The topological polar surface area (TPSA) is 56.2 Å². The van der Waals surface area contributed by atoms with Gasteiger partial charge in [-0.05, 0) is 32.4 Å². The van der Waals surface area contributed by atoms with Gasteiger partial charge in [-0.15, -0.1) is 0 Å². The summed E-state index contributed by atoms with van der Waals surface area (Å²) in [5.41, 5.74) is 3.15. The predicted molar refractivity (Wildman–Crippen MR) is 85.7 cm³/mol. The third kappa shape index (κ3) is 4.35. The van der Waals surface area contributed by atoms with Crippen LogP contribution in [0, 0.1) is 13.8 Å². The van der Waals surface area contributed by atoms with Crippen LogP contribution in [0.2, 0.25) is 0 Å². The summed E-state index contributed by atoms with van der Waals surface area (Å²) in [6.45, 7) is 5.05. The van der Waals surface area contributed by atoms with Crippen LogP contribution in [0.4, 0.5) is 0 Å². The Labute approximate surface area is 131 Å². The van der Waals surface area contributed by atoms with Crippen molar-refractivity contribution in [2.24, 2.45) is 7.05 Å². The molecule has 1 N–H and O–H groups in total.